The normalized spacial score (nSPS) is 32.7. The maximum atomic E-state index is 13.0. The van der Waals surface area contributed by atoms with Gasteiger partial charge < -0.3 is 30.1 Å². The van der Waals surface area contributed by atoms with Crippen LogP contribution >= 0.6 is 0 Å². The molecular weight excluding hydrogens is 502 g/mol. The van der Waals surface area contributed by atoms with Gasteiger partial charge >= 0.3 is 6.03 Å². The first-order valence-corrected chi connectivity index (χ1v) is 14.9. The van der Waals surface area contributed by atoms with Crippen molar-refractivity contribution < 1.29 is 19.4 Å². The molecule has 7 heteroatoms. The number of carbonyl (C=O) groups excluding carboxylic acids is 1. The third-order valence-electron chi connectivity index (χ3n) is 9.43. The Kier molecular flexibility index (Phi) is 8.00. The highest BCUT2D eigenvalue weighted by Crippen LogP contribution is 2.55. The number of ether oxygens (including phenoxy) is 2. The monoisotopic (exact) mass is 545 g/mol. The number of likely N-dealkylation sites (N-methyl/N-ethyl adjacent to an activating group) is 1. The average molecular weight is 546 g/mol. The highest BCUT2D eigenvalue weighted by atomic mass is 16.7. The van der Waals surface area contributed by atoms with Crippen LogP contribution in [0.2, 0.25) is 0 Å². The van der Waals surface area contributed by atoms with Crippen molar-refractivity contribution in [2.75, 3.05) is 25.5 Å². The number of nitrogens with one attached hydrogen (secondary N) is 2. The van der Waals surface area contributed by atoms with Gasteiger partial charge in [-0.25, -0.2) is 4.79 Å². The van der Waals surface area contributed by atoms with Gasteiger partial charge in [-0.05, 0) is 86.6 Å². The molecule has 1 aliphatic heterocycles. The molecule has 3 atom stereocenters. The van der Waals surface area contributed by atoms with Crippen molar-refractivity contribution in [2.45, 2.75) is 75.6 Å². The van der Waals surface area contributed by atoms with Crippen molar-refractivity contribution in [1.82, 2.24) is 10.2 Å². The average Bonchev–Trinajstić information content (AvgIpc) is 2.92. The van der Waals surface area contributed by atoms with Crippen LogP contribution in [0.1, 0.15) is 74.0 Å². The van der Waals surface area contributed by atoms with Crippen LogP contribution in [-0.2, 0) is 16.1 Å². The van der Waals surface area contributed by atoms with Crippen molar-refractivity contribution >= 4 is 11.7 Å². The number of rotatable bonds is 9. The lowest BCUT2D eigenvalue weighted by atomic mass is 9.53. The van der Waals surface area contributed by atoms with Crippen LogP contribution in [0.15, 0.2) is 61.2 Å². The SMILES string of the molecule is C=CCN(C)CC1CC(c2ccc(CO)cc2)OC(c2ccc(NC(=O)NC34CC5CC(CC(C5)C3)C4)cc2)O1. The van der Waals surface area contributed by atoms with Gasteiger partial charge in [0.1, 0.15) is 0 Å². The Balaban J connectivity index is 1.11. The molecule has 4 aliphatic carbocycles. The van der Waals surface area contributed by atoms with Crippen LogP contribution in [-0.4, -0.2) is 47.8 Å². The van der Waals surface area contributed by atoms with Crippen LogP contribution in [0.4, 0.5) is 10.5 Å². The summed E-state index contributed by atoms with van der Waals surface area (Å²) >= 11 is 0. The molecule has 7 rings (SSSR count). The Bertz CT molecular complexity index is 1150. The molecule has 7 nitrogen and oxygen atoms in total. The molecule has 4 saturated carbocycles. The Morgan fingerprint density at radius 1 is 0.975 bits per heavy atom. The molecule has 2 aromatic rings. The standard InChI is InChI=1S/C33H43N3O4/c1-3-12-36(2)20-29-16-30(26-6-4-22(21-37)5-7-26)40-31(39-29)27-8-10-28(11-9-27)34-32(38)35-33-17-23-13-24(18-33)15-25(14-23)19-33/h3-11,23-25,29-31,37H,1,12-21H2,2H3,(H2,34,35,38). The van der Waals surface area contributed by atoms with Crippen LogP contribution in [0.5, 0.6) is 0 Å². The molecule has 214 valence electrons. The predicted molar refractivity (Wildman–Crippen MR) is 156 cm³/mol. The Labute approximate surface area is 237 Å². The largest absolute Gasteiger partial charge is 0.392 e. The van der Waals surface area contributed by atoms with Crippen molar-refractivity contribution in [3.63, 3.8) is 0 Å². The molecule has 4 bridgehead atoms. The Hall–Kier alpha value is -2.71. The number of aliphatic hydroxyl groups excluding tert-OH is 1. The highest BCUT2D eigenvalue weighted by Gasteiger charge is 2.51. The minimum absolute atomic E-state index is 0.0132. The smallest absolute Gasteiger partial charge is 0.319 e. The van der Waals surface area contributed by atoms with Gasteiger partial charge in [-0.3, -0.25) is 0 Å². The lowest BCUT2D eigenvalue weighted by molar-refractivity contribution is -0.252. The third kappa shape index (κ3) is 6.13. The number of aliphatic hydroxyl groups is 1. The molecule has 5 fully saturated rings. The molecule has 1 saturated heterocycles. The van der Waals surface area contributed by atoms with Gasteiger partial charge in [-0.15, -0.1) is 6.58 Å². The van der Waals surface area contributed by atoms with E-state index in [9.17, 15) is 9.90 Å². The van der Waals surface area contributed by atoms with Crippen molar-refractivity contribution in [3.8, 4) is 0 Å². The van der Waals surface area contributed by atoms with Crippen LogP contribution in [0.3, 0.4) is 0 Å². The van der Waals surface area contributed by atoms with Gasteiger partial charge in [0.15, 0.2) is 6.29 Å². The molecule has 0 radical (unpaired) electrons. The maximum absolute atomic E-state index is 13.0. The second-order valence-corrected chi connectivity index (χ2v) is 12.8. The van der Waals surface area contributed by atoms with E-state index in [-0.39, 0.29) is 30.4 Å². The topological polar surface area (TPSA) is 83.1 Å². The van der Waals surface area contributed by atoms with Gasteiger partial charge in [0.05, 0.1) is 18.8 Å². The molecule has 5 aliphatic rings. The van der Waals surface area contributed by atoms with Crippen molar-refractivity contribution in [3.05, 3.63) is 77.9 Å². The highest BCUT2D eigenvalue weighted by molar-refractivity contribution is 5.89. The minimum Gasteiger partial charge on any atom is -0.392 e. The summed E-state index contributed by atoms with van der Waals surface area (Å²) in [4.78, 5) is 15.2. The molecule has 40 heavy (non-hydrogen) atoms. The quantitative estimate of drug-likeness (QED) is 0.340. The zero-order valence-electron chi connectivity index (χ0n) is 23.6. The Morgan fingerprint density at radius 3 is 2.20 bits per heavy atom. The third-order valence-corrected chi connectivity index (χ3v) is 9.43. The van der Waals surface area contributed by atoms with E-state index in [2.05, 4.69) is 29.2 Å². The van der Waals surface area contributed by atoms with Crippen LogP contribution in [0.25, 0.3) is 0 Å². The molecule has 3 unspecified atom stereocenters. The van der Waals surface area contributed by atoms with E-state index >= 15 is 0 Å². The first-order chi connectivity index (χ1) is 19.4. The number of amides is 2. The molecule has 0 spiro atoms. The summed E-state index contributed by atoms with van der Waals surface area (Å²) in [5, 5.41) is 15.9. The van der Waals surface area contributed by atoms with E-state index in [1.165, 1.54) is 19.3 Å². The second-order valence-electron chi connectivity index (χ2n) is 12.8. The molecular formula is C33H43N3O4. The summed E-state index contributed by atoms with van der Waals surface area (Å²) in [6.45, 7) is 5.43. The zero-order valence-corrected chi connectivity index (χ0v) is 23.6. The number of hydrogen-bond acceptors (Lipinski definition) is 5. The summed E-state index contributed by atoms with van der Waals surface area (Å²) in [5.41, 5.74) is 3.62. The summed E-state index contributed by atoms with van der Waals surface area (Å²) in [7, 11) is 2.06. The van der Waals surface area contributed by atoms with E-state index < -0.39 is 6.29 Å². The van der Waals surface area contributed by atoms with Gasteiger partial charge in [-0.1, -0.05) is 42.5 Å². The van der Waals surface area contributed by atoms with E-state index in [1.807, 2.05) is 54.6 Å². The molecule has 2 amide bonds. The van der Waals surface area contributed by atoms with Gasteiger partial charge in [0.2, 0.25) is 0 Å². The summed E-state index contributed by atoms with van der Waals surface area (Å²) in [6, 6.07) is 15.7. The summed E-state index contributed by atoms with van der Waals surface area (Å²) in [5.74, 6) is 2.37. The van der Waals surface area contributed by atoms with Gasteiger partial charge in [-0.2, -0.15) is 0 Å². The fourth-order valence-electron chi connectivity index (χ4n) is 8.07. The minimum atomic E-state index is -0.520. The van der Waals surface area contributed by atoms with E-state index in [0.29, 0.717) is 0 Å². The number of urea groups is 1. The molecule has 2 aromatic carbocycles. The molecule has 0 aromatic heterocycles. The first kappa shape index (κ1) is 27.5. The second kappa shape index (κ2) is 11.6. The number of hydrogen-bond donors (Lipinski definition) is 3. The maximum Gasteiger partial charge on any atom is 0.319 e. The van der Waals surface area contributed by atoms with E-state index in [4.69, 9.17) is 9.47 Å². The number of anilines is 1. The molecule has 1 heterocycles. The van der Waals surface area contributed by atoms with E-state index in [1.54, 1.807) is 0 Å². The fourth-order valence-corrected chi connectivity index (χ4v) is 8.07. The van der Waals surface area contributed by atoms with Crippen LogP contribution < -0.4 is 10.6 Å². The number of carbonyl (C=O) groups is 1. The zero-order chi connectivity index (χ0) is 27.7. The summed E-state index contributed by atoms with van der Waals surface area (Å²) < 4.78 is 12.9. The van der Waals surface area contributed by atoms with E-state index in [0.717, 1.165) is 78.9 Å². The van der Waals surface area contributed by atoms with Crippen molar-refractivity contribution in [2.24, 2.45) is 17.8 Å². The van der Waals surface area contributed by atoms with Gasteiger partial charge in [0, 0.05) is 36.3 Å². The van der Waals surface area contributed by atoms with Gasteiger partial charge in [0.25, 0.3) is 0 Å². The molecule has 3 N–H and O–H groups in total. The Morgan fingerprint density at radius 2 is 1.60 bits per heavy atom. The lowest BCUT2D eigenvalue weighted by Crippen LogP contribution is -2.60. The lowest BCUT2D eigenvalue weighted by Gasteiger charge is -2.56. The summed E-state index contributed by atoms with van der Waals surface area (Å²) in [6.07, 6.45) is 9.44. The predicted octanol–water partition coefficient (Wildman–Crippen LogP) is 5.93. The first-order valence-electron chi connectivity index (χ1n) is 14.9. The number of benzene rings is 2. The number of nitrogens with zero attached hydrogens (tertiary/aromatic N) is 1. The van der Waals surface area contributed by atoms with Crippen LogP contribution in [0, 0.1) is 17.8 Å². The van der Waals surface area contributed by atoms with Crippen molar-refractivity contribution in [1.29, 1.82) is 0 Å². The fraction of sp³-hybridized carbons (Fsp3) is 0.545.